The summed E-state index contributed by atoms with van der Waals surface area (Å²) in [5, 5.41) is 3.60. The number of nitrogens with zero attached hydrogens (tertiary/aromatic N) is 1. The summed E-state index contributed by atoms with van der Waals surface area (Å²) in [6.45, 7) is 12.8. The SMILES string of the molecule is CCn1c(C)cc(CNc2c(C)cc(Br)cc2C)c1C. The zero-order chi connectivity index (χ0) is 14.9. The summed E-state index contributed by atoms with van der Waals surface area (Å²) < 4.78 is 3.50. The number of rotatable bonds is 4. The van der Waals surface area contributed by atoms with Crippen LogP contribution < -0.4 is 5.32 Å². The predicted octanol–water partition coefficient (Wildman–Crippen LogP) is 5.12. The van der Waals surface area contributed by atoms with Gasteiger partial charge in [-0.25, -0.2) is 0 Å². The van der Waals surface area contributed by atoms with Crippen LogP contribution in [0.15, 0.2) is 22.7 Å². The number of aromatic nitrogens is 1. The van der Waals surface area contributed by atoms with E-state index in [1.165, 1.54) is 33.8 Å². The maximum absolute atomic E-state index is 3.60. The van der Waals surface area contributed by atoms with E-state index in [0.29, 0.717) is 0 Å². The Morgan fingerprint density at radius 3 is 2.15 bits per heavy atom. The number of nitrogens with one attached hydrogen (secondary N) is 1. The summed E-state index contributed by atoms with van der Waals surface area (Å²) in [7, 11) is 0. The smallest absolute Gasteiger partial charge is 0.0418 e. The maximum Gasteiger partial charge on any atom is 0.0418 e. The van der Waals surface area contributed by atoms with Gasteiger partial charge in [0.1, 0.15) is 0 Å². The Labute approximate surface area is 130 Å². The quantitative estimate of drug-likeness (QED) is 0.821. The van der Waals surface area contributed by atoms with Crippen LogP contribution in [0.1, 0.15) is 35.0 Å². The normalized spacial score (nSPS) is 10.9. The van der Waals surface area contributed by atoms with E-state index in [1.54, 1.807) is 0 Å². The summed E-state index contributed by atoms with van der Waals surface area (Å²) in [6, 6.07) is 6.60. The molecule has 20 heavy (non-hydrogen) atoms. The molecule has 0 aliphatic carbocycles. The number of benzene rings is 1. The monoisotopic (exact) mass is 334 g/mol. The molecule has 2 rings (SSSR count). The lowest BCUT2D eigenvalue weighted by molar-refractivity contribution is 0.715. The number of hydrogen-bond acceptors (Lipinski definition) is 1. The van der Waals surface area contributed by atoms with Gasteiger partial charge in [-0.05, 0) is 69.5 Å². The van der Waals surface area contributed by atoms with Gasteiger partial charge in [-0.2, -0.15) is 0 Å². The summed E-state index contributed by atoms with van der Waals surface area (Å²) in [6.07, 6.45) is 0. The molecule has 0 bridgehead atoms. The fourth-order valence-electron chi connectivity index (χ4n) is 2.91. The molecule has 0 spiro atoms. The highest BCUT2D eigenvalue weighted by Crippen LogP contribution is 2.26. The molecule has 108 valence electrons. The third kappa shape index (κ3) is 2.93. The molecule has 0 saturated carbocycles. The Morgan fingerprint density at radius 2 is 1.65 bits per heavy atom. The lowest BCUT2D eigenvalue weighted by atomic mass is 10.1. The molecule has 1 aromatic heterocycles. The van der Waals surface area contributed by atoms with Crippen molar-refractivity contribution in [1.82, 2.24) is 4.57 Å². The molecular formula is C17H23BrN2. The first-order valence-corrected chi connectivity index (χ1v) is 7.89. The molecule has 0 fully saturated rings. The van der Waals surface area contributed by atoms with Crippen LogP contribution in [0.2, 0.25) is 0 Å². The maximum atomic E-state index is 3.60. The van der Waals surface area contributed by atoms with E-state index in [1.807, 2.05) is 0 Å². The second kappa shape index (κ2) is 6.04. The Balaban J connectivity index is 2.21. The van der Waals surface area contributed by atoms with Gasteiger partial charge in [0.25, 0.3) is 0 Å². The van der Waals surface area contributed by atoms with Crippen molar-refractivity contribution in [3.63, 3.8) is 0 Å². The van der Waals surface area contributed by atoms with Crippen LogP contribution in [0.4, 0.5) is 5.69 Å². The molecule has 1 heterocycles. The average molecular weight is 335 g/mol. The van der Waals surface area contributed by atoms with Crippen molar-refractivity contribution in [3.05, 3.63) is 50.8 Å². The third-order valence-electron chi connectivity index (χ3n) is 3.95. The van der Waals surface area contributed by atoms with Gasteiger partial charge in [0.05, 0.1) is 0 Å². The van der Waals surface area contributed by atoms with Crippen LogP contribution in [0.3, 0.4) is 0 Å². The Morgan fingerprint density at radius 1 is 1.05 bits per heavy atom. The molecule has 0 saturated heterocycles. The molecule has 3 heteroatoms. The lowest BCUT2D eigenvalue weighted by Gasteiger charge is -2.14. The number of aryl methyl sites for hydroxylation is 3. The number of halogens is 1. The highest BCUT2D eigenvalue weighted by Gasteiger charge is 2.09. The van der Waals surface area contributed by atoms with Crippen molar-refractivity contribution in [1.29, 1.82) is 0 Å². The summed E-state index contributed by atoms with van der Waals surface area (Å²) in [5.74, 6) is 0. The first-order valence-electron chi connectivity index (χ1n) is 7.10. The van der Waals surface area contributed by atoms with E-state index in [-0.39, 0.29) is 0 Å². The topological polar surface area (TPSA) is 17.0 Å². The van der Waals surface area contributed by atoms with Crippen LogP contribution in [-0.2, 0) is 13.1 Å². The average Bonchev–Trinajstić information content (AvgIpc) is 2.62. The summed E-state index contributed by atoms with van der Waals surface area (Å²) in [5.41, 5.74) is 7.89. The van der Waals surface area contributed by atoms with Gasteiger partial charge in [0.2, 0.25) is 0 Å². The van der Waals surface area contributed by atoms with E-state index in [4.69, 9.17) is 0 Å². The van der Waals surface area contributed by atoms with E-state index in [9.17, 15) is 0 Å². The van der Waals surface area contributed by atoms with E-state index >= 15 is 0 Å². The van der Waals surface area contributed by atoms with Crippen molar-refractivity contribution in [2.24, 2.45) is 0 Å². The molecule has 0 radical (unpaired) electrons. The Bertz CT molecular complexity index is 603. The second-order valence-electron chi connectivity index (χ2n) is 5.41. The first kappa shape index (κ1) is 15.2. The predicted molar refractivity (Wildman–Crippen MR) is 90.5 cm³/mol. The molecule has 2 nitrogen and oxygen atoms in total. The highest BCUT2D eigenvalue weighted by atomic mass is 79.9. The van der Waals surface area contributed by atoms with Crippen molar-refractivity contribution in [2.45, 2.75) is 47.7 Å². The number of anilines is 1. The molecule has 0 aliphatic rings. The molecular weight excluding hydrogens is 312 g/mol. The zero-order valence-electron chi connectivity index (χ0n) is 13.0. The van der Waals surface area contributed by atoms with Gasteiger partial charge in [-0.1, -0.05) is 15.9 Å². The fourth-order valence-corrected chi connectivity index (χ4v) is 3.60. The minimum Gasteiger partial charge on any atom is -0.380 e. The summed E-state index contributed by atoms with van der Waals surface area (Å²) >= 11 is 3.55. The molecule has 1 N–H and O–H groups in total. The molecule has 0 aliphatic heterocycles. The van der Waals surface area contributed by atoms with Crippen LogP contribution in [-0.4, -0.2) is 4.57 Å². The first-order chi connectivity index (χ1) is 9.43. The molecule has 1 aromatic carbocycles. The van der Waals surface area contributed by atoms with Crippen molar-refractivity contribution >= 4 is 21.6 Å². The van der Waals surface area contributed by atoms with Gasteiger partial charge in [-0.15, -0.1) is 0 Å². The van der Waals surface area contributed by atoms with Gasteiger partial charge < -0.3 is 9.88 Å². The lowest BCUT2D eigenvalue weighted by Crippen LogP contribution is -2.05. The Hall–Kier alpha value is -1.22. The van der Waals surface area contributed by atoms with E-state index in [2.05, 4.69) is 78.6 Å². The molecule has 0 amide bonds. The second-order valence-corrected chi connectivity index (χ2v) is 6.32. The van der Waals surface area contributed by atoms with E-state index in [0.717, 1.165) is 17.6 Å². The molecule has 0 atom stereocenters. The van der Waals surface area contributed by atoms with Crippen LogP contribution in [0, 0.1) is 27.7 Å². The number of hydrogen-bond donors (Lipinski definition) is 1. The van der Waals surface area contributed by atoms with Gasteiger partial charge in [0.15, 0.2) is 0 Å². The van der Waals surface area contributed by atoms with Crippen LogP contribution in [0.5, 0.6) is 0 Å². The third-order valence-corrected chi connectivity index (χ3v) is 4.41. The minimum absolute atomic E-state index is 0.878. The van der Waals surface area contributed by atoms with Gasteiger partial charge in [0, 0.05) is 34.6 Å². The van der Waals surface area contributed by atoms with Crippen molar-refractivity contribution < 1.29 is 0 Å². The van der Waals surface area contributed by atoms with Crippen LogP contribution >= 0.6 is 15.9 Å². The van der Waals surface area contributed by atoms with Gasteiger partial charge >= 0.3 is 0 Å². The van der Waals surface area contributed by atoms with E-state index < -0.39 is 0 Å². The molecule has 2 aromatic rings. The fraction of sp³-hybridized carbons (Fsp3) is 0.412. The van der Waals surface area contributed by atoms with Crippen molar-refractivity contribution in [3.8, 4) is 0 Å². The largest absolute Gasteiger partial charge is 0.380 e. The molecule has 0 unspecified atom stereocenters. The minimum atomic E-state index is 0.878. The van der Waals surface area contributed by atoms with Crippen LogP contribution in [0.25, 0.3) is 0 Å². The van der Waals surface area contributed by atoms with Gasteiger partial charge in [-0.3, -0.25) is 0 Å². The summed E-state index contributed by atoms with van der Waals surface area (Å²) in [4.78, 5) is 0. The van der Waals surface area contributed by atoms with Crippen molar-refractivity contribution in [2.75, 3.05) is 5.32 Å². The standard InChI is InChI=1S/C17H23BrN2/c1-6-20-13(4)9-15(14(20)5)10-19-17-11(2)7-16(18)8-12(17)3/h7-9,19H,6,10H2,1-5H3. The Kier molecular flexibility index (Phi) is 4.59. The highest BCUT2D eigenvalue weighted by molar-refractivity contribution is 9.10. The zero-order valence-corrected chi connectivity index (χ0v) is 14.6.